The number of hydrogen-bond donors (Lipinski definition) is 3. The van der Waals surface area contributed by atoms with E-state index in [0.717, 1.165) is 41.1 Å². The number of pyridine rings is 1. The van der Waals surface area contributed by atoms with Crippen molar-refractivity contribution >= 4 is 45.9 Å². The van der Waals surface area contributed by atoms with E-state index in [0.29, 0.717) is 17.8 Å². The molecule has 0 aliphatic heterocycles. The fourth-order valence-corrected chi connectivity index (χ4v) is 4.23. The standard InChI is InChI=1S/C24H26N8O/c1-16(33)27-17-7-9-18(10-8-17)28-22-21-23(32(15-26-21)20-5-3-2-4-6-20)31-24(30-22)29-19-11-13-25-14-12-19/h7-15,20H,2-6H2,1H3,(H,27,33)(H2,25,28,29,30,31). The molecule has 0 unspecified atom stereocenters. The normalized spacial score (nSPS) is 14.2. The van der Waals surface area contributed by atoms with Crippen LogP contribution in [0, 0.1) is 0 Å². The molecule has 168 valence electrons. The number of carbonyl (C=O) groups excluding carboxylic acids is 1. The van der Waals surface area contributed by atoms with Crippen molar-refractivity contribution in [1.29, 1.82) is 0 Å². The van der Waals surface area contributed by atoms with Crippen molar-refractivity contribution in [3.05, 3.63) is 55.1 Å². The van der Waals surface area contributed by atoms with Crippen LogP contribution in [0.4, 0.5) is 28.8 Å². The maximum Gasteiger partial charge on any atom is 0.231 e. The molecule has 0 spiro atoms. The Hall–Kier alpha value is -4.01. The van der Waals surface area contributed by atoms with E-state index in [1.165, 1.54) is 26.2 Å². The first-order chi connectivity index (χ1) is 16.2. The number of fused-ring (bicyclic) bond motifs is 1. The molecule has 4 aromatic rings. The van der Waals surface area contributed by atoms with Gasteiger partial charge in [-0.3, -0.25) is 9.78 Å². The number of aromatic nitrogens is 5. The number of hydrogen-bond acceptors (Lipinski definition) is 7. The van der Waals surface area contributed by atoms with E-state index < -0.39 is 0 Å². The van der Waals surface area contributed by atoms with E-state index in [-0.39, 0.29) is 5.91 Å². The van der Waals surface area contributed by atoms with E-state index >= 15 is 0 Å². The largest absolute Gasteiger partial charge is 0.338 e. The highest BCUT2D eigenvalue weighted by molar-refractivity contribution is 5.89. The molecule has 1 saturated carbocycles. The number of rotatable bonds is 6. The number of anilines is 5. The van der Waals surface area contributed by atoms with Crippen LogP contribution in [0.2, 0.25) is 0 Å². The SMILES string of the molecule is CC(=O)Nc1ccc(Nc2nc(Nc3ccncc3)nc3c2ncn3C2CCCCC2)cc1. The van der Waals surface area contributed by atoms with Gasteiger partial charge in [-0.25, -0.2) is 4.98 Å². The zero-order valence-corrected chi connectivity index (χ0v) is 18.5. The molecule has 3 N–H and O–H groups in total. The number of nitrogens with zero attached hydrogens (tertiary/aromatic N) is 5. The molecule has 1 aliphatic carbocycles. The molecule has 3 heterocycles. The van der Waals surface area contributed by atoms with Gasteiger partial charge in [-0.05, 0) is 49.2 Å². The van der Waals surface area contributed by atoms with E-state index in [2.05, 4.69) is 30.5 Å². The number of carbonyl (C=O) groups is 1. The van der Waals surface area contributed by atoms with Crippen LogP contribution in [0.5, 0.6) is 0 Å². The first-order valence-corrected chi connectivity index (χ1v) is 11.2. The van der Waals surface area contributed by atoms with Gasteiger partial charge >= 0.3 is 0 Å². The number of imidazole rings is 1. The third kappa shape index (κ3) is 4.77. The second-order valence-corrected chi connectivity index (χ2v) is 8.26. The van der Waals surface area contributed by atoms with Crippen LogP contribution < -0.4 is 16.0 Å². The fourth-order valence-electron chi connectivity index (χ4n) is 4.23. The third-order valence-corrected chi connectivity index (χ3v) is 5.79. The summed E-state index contributed by atoms with van der Waals surface area (Å²) in [5, 5.41) is 9.44. The summed E-state index contributed by atoms with van der Waals surface area (Å²) in [5.74, 6) is 1.01. The van der Waals surface area contributed by atoms with Crippen molar-refractivity contribution in [3.8, 4) is 0 Å². The fraction of sp³-hybridized carbons (Fsp3) is 0.292. The molecule has 3 aromatic heterocycles. The highest BCUT2D eigenvalue weighted by atomic mass is 16.1. The molecule has 0 bridgehead atoms. The van der Waals surface area contributed by atoms with Gasteiger partial charge in [-0.15, -0.1) is 0 Å². The molecule has 1 fully saturated rings. The molecule has 1 aliphatic rings. The molecule has 1 aromatic carbocycles. The van der Waals surface area contributed by atoms with Crippen LogP contribution in [-0.4, -0.2) is 30.4 Å². The summed E-state index contributed by atoms with van der Waals surface area (Å²) in [6.07, 6.45) is 11.3. The van der Waals surface area contributed by atoms with E-state index in [4.69, 9.17) is 9.97 Å². The number of amides is 1. The summed E-state index contributed by atoms with van der Waals surface area (Å²) in [7, 11) is 0. The quantitative estimate of drug-likeness (QED) is 0.378. The third-order valence-electron chi connectivity index (χ3n) is 5.79. The van der Waals surface area contributed by atoms with Gasteiger partial charge in [-0.2, -0.15) is 9.97 Å². The van der Waals surface area contributed by atoms with Gasteiger partial charge in [0, 0.05) is 42.4 Å². The summed E-state index contributed by atoms with van der Waals surface area (Å²) < 4.78 is 2.19. The molecule has 1 amide bonds. The molecule has 0 saturated heterocycles. The van der Waals surface area contributed by atoms with Crippen molar-refractivity contribution in [2.45, 2.75) is 45.1 Å². The van der Waals surface area contributed by atoms with Crippen molar-refractivity contribution < 1.29 is 4.79 Å². The van der Waals surface area contributed by atoms with Crippen LogP contribution in [-0.2, 0) is 4.79 Å². The number of benzene rings is 1. The Morgan fingerprint density at radius 3 is 2.33 bits per heavy atom. The number of nitrogens with one attached hydrogen (secondary N) is 3. The van der Waals surface area contributed by atoms with Crippen molar-refractivity contribution in [2.75, 3.05) is 16.0 Å². The maximum absolute atomic E-state index is 11.3. The van der Waals surface area contributed by atoms with Gasteiger partial charge < -0.3 is 20.5 Å². The lowest BCUT2D eigenvalue weighted by atomic mass is 9.95. The van der Waals surface area contributed by atoms with Crippen LogP contribution >= 0.6 is 0 Å². The average Bonchev–Trinajstić information content (AvgIpc) is 3.26. The van der Waals surface area contributed by atoms with Crippen LogP contribution in [0.15, 0.2) is 55.1 Å². The van der Waals surface area contributed by atoms with E-state index in [9.17, 15) is 4.79 Å². The smallest absolute Gasteiger partial charge is 0.231 e. The summed E-state index contributed by atoms with van der Waals surface area (Å²) in [5.41, 5.74) is 3.98. The highest BCUT2D eigenvalue weighted by Gasteiger charge is 2.21. The van der Waals surface area contributed by atoms with Crippen molar-refractivity contribution in [3.63, 3.8) is 0 Å². The second-order valence-electron chi connectivity index (χ2n) is 8.26. The Labute approximate surface area is 191 Å². The summed E-state index contributed by atoms with van der Waals surface area (Å²) in [6, 6.07) is 11.6. The molecule has 33 heavy (non-hydrogen) atoms. The average molecular weight is 443 g/mol. The minimum atomic E-state index is -0.103. The van der Waals surface area contributed by atoms with Crippen LogP contribution in [0.3, 0.4) is 0 Å². The zero-order chi connectivity index (χ0) is 22.6. The van der Waals surface area contributed by atoms with Gasteiger partial charge in [0.2, 0.25) is 11.9 Å². The minimum Gasteiger partial charge on any atom is -0.338 e. The monoisotopic (exact) mass is 442 g/mol. The lowest BCUT2D eigenvalue weighted by Gasteiger charge is -2.23. The molecule has 0 atom stereocenters. The maximum atomic E-state index is 11.3. The van der Waals surface area contributed by atoms with Crippen molar-refractivity contribution in [1.82, 2.24) is 24.5 Å². The van der Waals surface area contributed by atoms with Gasteiger partial charge in [-0.1, -0.05) is 19.3 Å². The molecular weight excluding hydrogens is 416 g/mol. The molecule has 9 heteroatoms. The molecule has 9 nitrogen and oxygen atoms in total. The Morgan fingerprint density at radius 1 is 0.909 bits per heavy atom. The Balaban J connectivity index is 1.51. The van der Waals surface area contributed by atoms with Gasteiger partial charge in [0.05, 0.1) is 6.33 Å². The van der Waals surface area contributed by atoms with Crippen LogP contribution in [0.1, 0.15) is 45.1 Å². The summed E-state index contributed by atoms with van der Waals surface area (Å²) >= 11 is 0. The molecular formula is C24H26N8O. The summed E-state index contributed by atoms with van der Waals surface area (Å²) in [6.45, 7) is 1.49. The second kappa shape index (κ2) is 9.23. The first-order valence-electron chi connectivity index (χ1n) is 11.2. The van der Waals surface area contributed by atoms with E-state index in [1.54, 1.807) is 12.4 Å². The predicted octanol–water partition coefficient (Wildman–Crippen LogP) is 5.17. The lowest BCUT2D eigenvalue weighted by Crippen LogP contribution is -2.13. The molecule has 0 radical (unpaired) electrons. The Bertz CT molecular complexity index is 1250. The van der Waals surface area contributed by atoms with Gasteiger partial charge in [0.1, 0.15) is 0 Å². The molecule has 5 rings (SSSR count). The Morgan fingerprint density at radius 2 is 1.61 bits per heavy atom. The van der Waals surface area contributed by atoms with Gasteiger partial charge in [0.15, 0.2) is 17.0 Å². The van der Waals surface area contributed by atoms with Crippen LogP contribution in [0.25, 0.3) is 11.2 Å². The Kier molecular flexibility index (Phi) is 5.84. The minimum absolute atomic E-state index is 0.103. The van der Waals surface area contributed by atoms with E-state index in [1.807, 2.05) is 42.7 Å². The highest BCUT2D eigenvalue weighted by Crippen LogP contribution is 2.33. The van der Waals surface area contributed by atoms with Crippen molar-refractivity contribution in [2.24, 2.45) is 0 Å². The lowest BCUT2D eigenvalue weighted by molar-refractivity contribution is -0.114. The predicted molar refractivity (Wildman–Crippen MR) is 129 cm³/mol. The topological polar surface area (TPSA) is 110 Å². The zero-order valence-electron chi connectivity index (χ0n) is 18.5. The van der Waals surface area contributed by atoms with Gasteiger partial charge in [0.25, 0.3) is 0 Å². The summed E-state index contributed by atoms with van der Waals surface area (Å²) in [4.78, 5) is 29.6. The first kappa shape index (κ1) is 20.9.